The predicted octanol–water partition coefficient (Wildman–Crippen LogP) is 5.62. The van der Waals surface area contributed by atoms with Crippen molar-refractivity contribution >= 4 is 29.0 Å². The zero-order valence-corrected chi connectivity index (χ0v) is 18.5. The Hall–Kier alpha value is -3.32. The number of carbonyl (C=O) groups is 2. The summed E-state index contributed by atoms with van der Waals surface area (Å²) in [4.78, 5) is 23.2. The number of aliphatic carboxylic acids is 1. The highest BCUT2D eigenvalue weighted by Crippen LogP contribution is 2.42. The third-order valence-electron chi connectivity index (χ3n) is 4.89. The molecule has 0 amide bonds. The van der Waals surface area contributed by atoms with Crippen LogP contribution in [0.25, 0.3) is 10.4 Å². The summed E-state index contributed by atoms with van der Waals surface area (Å²) < 4.78 is 5.27. The Balaban J connectivity index is 1.81. The first kappa shape index (κ1) is 22.4. The van der Waals surface area contributed by atoms with E-state index in [2.05, 4.69) is 43.4 Å². The number of hydrogen-bond acceptors (Lipinski definition) is 5. The van der Waals surface area contributed by atoms with Gasteiger partial charge < -0.3 is 20.3 Å². The van der Waals surface area contributed by atoms with Gasteiger partial charge in [0.25, 0.3) is 0 Å². The molecule has 0 saturated carbocycles. The van der Waals surface area contributed by atoms with Crippen LogP contribution in [0.4, 0.5) is 5.69 Å². The Morgan fingerprint density at radius 1 is 1.10 bits per heavy atom. The van der Waals surface area contributed by atoms with Gasteiger partial charge in [0.05, 0.1) is 0 Å². The lowest BCUT2D eigenvalue weighted by Gasteiger charge is -2.10. The number of hydrogen-bond donors (Lipinski definition) is 3. The highest BCUT2D eigenvalue weighted by molar-refractivity contribution is 7.18. The lowest BCUT2D eigenvalue weighted by atomic mass is 10.0. The van der Waals surface area contributed by atoms with Crippen molar-refractivity contribution in [2.75, 3.05) is 11.9 Å². The molecule has 0 spiro atoms. The summed E-state index contributed by atoms with van der Waals surface area (Å²) in [5.74, 6) is -1.69. The Morgan fingerprint density at radius 3 is 2.42 bits per heavy atom. The topological polar surface area (TPSA) is 95.9 Å². The fourth-order valence-corrected chi connectivity index (χ4v) is 4.30. The van der Waals surface area contributed by atoms with Crippen LogP contribution in [-0.2, 0) is 11.3 Å². The van der Waals surface area contributed by atoms with Crippen LogP contribution in [0.15, 0.2) is 48.5 Å². The molecule has 3 N–H and O–H groups in total. The smallest absolute Gasteiger partial charge is 0.349 e. The average Bonchev–Trinajstić information content (AvgIpc) is 3.07. The van der Waals surface area contributed by atoms with E-state index in [0.29, 0.717) is 18.0 Å². The van der Waals surface area contributed by atoms with Gasteiger partial charge in [0, 0.05) is 22.7 Å². The Morgan fingerprint density at radius 2 is 1.81 bits per heavy atom. The Bertz CT molecular complexity index is 1090. The normalized spacial score (nSPS) is 10.8. The zero-order chi connectivity index (χ0) is 22.5. The number of ether oxygens (including phenoxy) is 1. The molecular formula is C24H25NO5S. The van der Waals surface area contributed by atoms with Crippen LogP contribution in [0.3, 0.4) is 0 Å². The van der Waals surface area contributed by atoms with Gasteiger partial charge in [-0.3, -0.25) is 0 Å². The van der Waals surface area contributed by atoms with Crippen molar-refractivity contribution in [2.45, 2.75) is 33.2 Å². The maximum absolute atomic E-state index is 11.6. The van der Waals surface area contributed by atoms with Crippen LogP contribution in [0.2, 0.25) is 0 Å². The van der Waals surface area contributed by atoms with E-state index in [1.807, 2.05) is 24.3 Å². The lowest BCUT2D eigenvalue weighted by molar-refractivity contribution is -0.139. The number of nitrogens with one attached hydrogen (secondary N) is 1. The number of anilines is 1. The van der Waals surface area contributed by atoms with Crippen LogP contribution in [0, 0.1) is 6.92 Å². The molecule has 0 saturated heterocycles. The molecule has 2 aromatic carbocycles. The van der Waals surface area contributed by atoms with Gasteiger partial charge in [-0.25, -0.2) is 9.59 Å². The molecule has 0 atom stereocenters. The third-order valence-corrected chi connectivity index (χ3v) is 6.20. The van der Waals surface area contributed by atoms with Crippen molar-refractivity contribution in [1.29, 1.82) is 0 Å². The van der Waals surface area contributed by atoms with Gasteiger partial charge in [-0.1, -0.05) is 50.2 Å². The molecule has 162 valence electrons. The maximum Gasteiger partial charge on any atom is 0.349 e. The van der Waals surface area contributed by atoms with Crippen LogP contribution < -0.4 is 10.1 Å². The quantitative estimate of drug-likeness (QED) is 0.400. The minimum absolute atomic E-state index is 0.00245. The summed E-state index contributed by atoms with van der Waals surface area (Å²) in [6.45, 7) is 6.15. The summed E-state index contributed by atoms with van der Waals surface area (Å²) in [5, 5.41) is 21.8. The van der Waals surface area contributed by atoms with Crippen molar-refractivity contribution in [3.8, 4) is 16.2 Å². The van der Waals surface area contributed by atoms with Gasteiger partial charge >= 0.3 is 11.9 Å². The average molecular weight is 440 g/mol. The van der Waals surface area contributed by atoms with Gasteiger partial charge in [-0.2, -0.15) is 0 Å². The van der Waals surface area contributed by atoms with E-state index in [4.69, 9.17) is 9.84 Å². The van der Waals surface area contributed by atoms with E-state index >= 15 is 0 Å². The second-order valence-electron chi connectivity index (χ2n) is 7.53. The fraction of sp³-hybridized carbons (Fsp3) is 0.250. The lowest BCUT2D eigenvalue weighted by Crippen LogP contribution is -2.11. The first-order valence-electron chi connectivity index (χ1n) is 9.90. The molecule has 31 heavy (non-hydrogen) atoms. The molecule has 0 radical (unpaired) electrons. The van der Waals surface area contributed by atoms with E-state index in [1.165, 1.54) is 11.1 Å². The van der Waals surface area contributed by atoms with Crippen molar-refractivity contribution < 1.29 is 24.5 Å². The molecule has 3 aromatic rings. The first-order valence-corrected chi connectivity index (χ1v) is 10.7. The minimum atomic E-state index is -1.16. The van der Waals surface area contributed by atoms with Crippen LogP contribution in [0.5, 0.6) is 5.75 Å². The molecule has 1 heterocycles. The number of benzene rings is 2. The first-order chi connectivity index (χ1) is 14.8. The summed E-state index contributed by atoms with van der Waals surface area (Å²) >= 11 is 1.08. The number of thiophene rings is 1. The Labute approximate surface area is 185 Å². The Kier molecular flexibility index (Phi) is 6.97. The van der Waals surface area contributed by atoms with Crippen molar-refractivity contribution in [1.82, 2.24) is 0 Å². The highest BCUT2D eigenvalue weighted by atomic mass is 32.1. The second-order valence-corrected chi connectivity index (χ2v) is 8.55. The molecule has 0 unspecified atom stereocenters. The summed E-state index contributed by atoms with van der Waals surface area (Å²) in [6, 6.07) is 16.2. The monoisotopic (exact) mass is 439 g/mol. The predicted molar refractivity (Wildman–Crippen MR) is 122 cm³/mol. The van der Waals surface area contributed by atoms with Gasteiger partial charge in [0.15, 0.2) is 11.5 Å². The molecule has 0 aliphatic rings. The fourth-order valence-electron chi connectivity index (χ4n) is 3.22. The van der Waals surface area contributed by atoms with E-state index in [-0.39, 0.29) is 10.6 Å². The summed E-state index contributed by atoms with van der Waals surface area (Å²) in [7, 11) is 0. The molecule has 0 fully saturated rings. The second kappa shape index (κ2) is 9.66. The maximum atomic E-state index is 11.6. The largest absolute Gasteiger partial charge is 0.480 e. The summed E-state index contributed by atoms with van der Waals surface area (Å²) in [6.07, 6.45) is 0. The molecular weight excluding hydrogens is 414 g/mol. The third kappa shape index (κ3) is 5.44. The molecule has 0 aliphatic carbocycles. The number of carboxylic acid groups (broad SMARTS) is 2. The van der Waals surface area contributed by atoms with Gasteiger partial charge in [-0.05, 0) is 41.7 Å². The molecule has 6 nitrogen and oxygen atoms in total. The van der Waals surface area contributed by atoms with E-state index in [9.17, 15) is 14.7 Å². The summed E-state index contributed by atoms with van der Waals surface area (Å²) in [5.41, 5.74) is 4.83. The SMILES string of the molecule is Cc1c(-c2cccc(NCc3ccc(C(C)C)cc3)c2)sc(C(=O)O)c1OCC(=O)O. The number of carboxylic acids is 2. The molecule has 1 aromatic heterocycles. The van der Waals surface area contributed by atoms with Crippen molar-refractivity contribution in [3.05, 3.63) is 70.1 Å². The van der Waals surface area contributed by atoms with Gasteiger partial charge in [0.2, 0.25) is 0 Å². The molecule has 3 rings (SSSR count). The number of rotatable bonds is 9. The molecule has 0 aliphatic heterocycles. The highest BCUT2D eigenvalue weighted by Gasteiger charge is 2.23. The number of aromatic carboxylic acids is 1. The minimum Gasteiger partial charge on any atom is -0.480 e. The van der Waals surface area contributed by atoms with Gasteiger partial charge in [-0.15, -0.1) is 11.3 Å². The molecule has 7 heteroatoms. The van der Waals surface area contributed by atoms with E-state index in [1.54, 1.807) is 6.92 Å². The van der Waals surface area contributed by atoms with Gasteiger partial charge in [0.1, 0.15) is 5.75 Å². The van der Waals surface area contributed by atoms with Crippen molar-refractivity contribution in [2.24, 2.45) is 0 Å². The van der Waals surface area contributed by atoms with E-state index in [0.717, 1.165) is 27.5 Å². The van der Waals surface area contributed by atoms with Crippen LogP contribution in [0.1, 0.15) is 46.1 Å². The van der Waals surface area contributed by atoms with E-state index < -0.39 is 18.5 Å². The standard InChI is InChI=1S/C24H25NO5S/c1-14(2)17-9-7-16(8-10-17)12-25-19-6-4-5-18(11-19)22-15(3)21(30-13-20(26)27)23(31-22)24(28)29/h4-11,14,25H,12-13H2,1-3H3,(H,26,27)(H,28,29). The van der Waals surface area contributed by atoms with Crippen LogP contribution >= 0.6 is 11.3 Å². The van der Waals surface area contributed by atoms with Crippen molar-refractivity contribution in [3.63, 3.8) is 0 Å². The van der Waals surface area contributed by atoms with Crippen LogP contribution in [-0.4, -0.2) is 28.8 Å². The zero-order valence-electron chi connectivity index (χ0n) is 17.6. The molecule has 0 bridgehead atoms.